The Hall–Kier alpha value is -2.94. The van der Waals surface area contributed by atoms with Gasteiger partial charge in [-0.2, -0.15) is 0 Å². The monoisotopic (exact) mass is 372 g/mol. The van der Waals surface area contributed by atoms with Crippen LogP contribution in [-0.2, 0) is 0 Å². The molecule has 0 bridgehead atoms. The minimum absolute atomic E-state index is 0.349. The topological polar surface area (TPSA) is 15.7 Å². The smallest absolute Gasteiger partial charge is 0.126 e. The van der Waals surface area contributed by atoms with Gasteiger partial charge in [-0.15, -0.1) is 0 Å². The van der Waals surface area contributed by atoms with E-state index in [9.17, 15) is 0 Å². The van der Waals surface area contributed by atoms with E-state index in [2.05, 4.69) is 92.1 Å². The number of ether oxygens (including phenoxy) is 1. The molecule has 0 saturated carbocycles. The molecule has 0 radical (unpaired) electrons. The van der Waals surface area contributed by atoms with Crippen LogP contribution < -0.4 is 14.5 Å². The molecular formula is C25H28N2O. The van der Waals surface area contributed by atoms with Crippen LogP contribution in [0.1, 0.15) is 27.7 Å². The highest BCUT2D eigenvalue weighted by atomic mass is 16.5. The van der Waals surface area contributed by atoms with Crippen molar-refractivity contribution in [3.63, 3.8) is 0 Å². The van der Waals surface area contributed by atoms with Gasteiger partial charge in [0.25, 0.3) is 0 Å². The van der Waals surface area contributed by atoms with Crippen molar-refractivity contribution in [3.8, 4) is 16.9 Å². The molecule has 28 heavy (non-hydrogen) atoms. The molecule has 0 unspecified atom stereocenters. The second kappa shape index (κ2) is 7.23. The Kier molecular flexibility index (Phi) is 4.76. The van der Waals surface area contributed by atoms with E-state index in [1.54, 1.807) is 7.11 Å². The Labute approximate surface area is 168 Å². The fraction of sp³-hybridized carbons (Fsp3) is 0.280. The Bertz CT molecular complexity index is 993. The average molecular weight is 373 g/mol. The van der Waals surface area contributed by atoms with Crippen molar-refractivity contribution in [2.75, 3.05) is 16.9 Å². The molecule has 0 amide bonds. The Morgan fingerprint density at radius 3 is 1.79 bits per heavy atom. The summed E-state index contributed by atoms with van der Waals surface area (Å²) in [6, 6.07) is 24.4. The SMILES string of the molecule is COc1ccccc1-c1ccc2c(c1)N(C(C)C)c1ccccc1N2C(C)C. The summed E-state index contributed by atoms with van der Waals surface area (Å²) < 4.78 is 5.61. The lowest BCUT2D eigenvalue weighted by Crippen LogP contribution is -2.36. The zero-order valence-electron chi connectivity index (χ0n) is 17.3. The highest BCUT2D eigenvalue weighted by Crippen LogP contribution is 2.51. The van der Waals surface area contributed by atoms with Crippen molar-refractivity contribution in [1.82, 2.24) is 0 Å². The van der Waals surface area contributed by atoms with E-state index in [4.69, 9.17) is 4.74 Å². The summed E-state index contributed by atoms with van der Waals surface area (Å²) in [5, 5.41) is 0. The fourth-order valence-corrected chi connectivity index (χ4v) is 4.21. The van der Waals surface area contributed by atoms with Gasteiger partial charge in [-0.1, -0.05) is 36.4 Å². The first-order valence-electron chi connectivity index (χ1n) is 9.98. The van der Waals surface area contributed by atoms with E-state index in [1.807, 2.05) is 12.1 Å². The highest BCUT2D eigenvalue weighted by molar-refractivity contribution is 5.95. The van der Waals surface area contributed by atoms with Crippen LogP contribution in [0.3, 0.4) is 0 Å². The second-order valence-electron chi connectivity index (χ2n) is 7.82. The molecule has 3 heteroatoms. The molecule has 3 aromatic carbocycles. The van der Waals surface area contributed by atoms with Crippen molar-refractivity contribution in [2.24, 2.45) is 0 Å². The van der Waals surface area contributed by atoms with Gasteiger partial charge >= 0.3 is 0 Å². The molecule has 3 aromatic rings. The van der Waals surface area contributed by atoms with Crippen molar-refractivity contribution >= 4 is 22.7 Å². The standard InChI is InChI=1S/C25H28N2O/c1-17(2)26-21-11-7-8-12-22(21)27(18(3)4)24-16-19(14-15-23(24)26)20-10-6-9-13-25(20)28-5/h6-18H,1-5H3. The normalized spacial score (nSPS) is 13.0. The number of para-hydroxylation sites is 3. The third-order valence-electron chi connectivity index (χ3n) is 5.35. The molecule has 0 fully saturated rings. The van der Waals surface area contributed by atoms with Gasteiger partial charge in [-0.3, -0.25) is 0 Å². The van der Waals surface area contributed by atoms with E-state index in [1.165, 1.54) is 28.3 Å². The van der Waals surface area contributed by atoms with Gasteiger partial charge in [0.05, 0.1) is 29.9 Å². The summed E-state index contributed by atoms with van der Waals surface area (Å²) in [7, 11) is 1.73. The predicted octanol–water partition coefficient (Wildman–Crippen LogP) is 6.77. The number of fused-ring (bicyclic) bond motifs is 2. The van der Waals surface area contributed by atoms with Crippen LogP contribution in [0.5, 0.6) is 5.75 Å². The van der Waals surface area contributed by atoms with E-state index in [0.29, 0.717) is 12.1 Å². The molecule has 0 aromatic heterocycles. The molecule has 1 aliphatic rings. The lowest BCUT2D eigenvalue weighted by molar-refractivity contribution is 0.416. The zero-order valence-corrected chi connectivity index (χ0v) is 17.3. The maximum Gasteiger partial charge on any atom is 0.126 e. The molecule has 1 heterocycles. The van der Waals surface area contributed by atoms with Crippen LogP contribution in [0.15, 0.2) is 66.7 Å². The van der Waals surface area contributed by atoms with Crippen molar-refractivity contribution in [3.05, 3.63) is 66.7 Å². The average Bonchev–Trinajstić information content (AvgIpc) is 2.70. The molecular weight excluding hydrogens is 344 g/mol. The minimum Gasteiger partial charge on any atom is -0.496 e. The Morgan fingerprint density at radius 1 is 0.643 bits per heavy atom. The number of nitrogens with zero attached hydrogens (tertiary/aromatic N) is 2. The minimum atomic E-state index is 0.349. The van der Waals surface area contributed by atoms with E-state index in [-0.39, 0.29) is 0 Å². The first-order valence-corrected chi connectivity index (χ1v) is 9.98. The second-order valence-corrected chi connectivity index (χ2v) is 7.82. The van der Waals surface area contributed by atoms with Crippen LogP contribution >= 0.6 is 0 Å². The lowest BCUT2D eigenvalue weighted by Gasteiger charge is -2.44. The predicted molar refractivity (Wildman–Crippen MR) is 119 cm³/mol. The van der Waals surface area contributed by atoms with E-state index >= 15 is 0 Å². The summed E-state index contributed by atoms with van der Waals surface area (Å²) in [5.74, 6) is 0.899. The molecule has 0 N–H and O–H groups in total. The number of anilines is 4. The Balaban J connectivity index is 1.95. The van der Waals surface area contributed by atoms with Crippen LogP contribution in [0.4, 0.5) is 22.7 Å². The number of rotatable bonds is 4. The molecule has 0 atom stereocenters. The van der Waals surface area contributed by atoms with Gasteiger partial charge in [0.2, 0.25) is 0 Å². The summed E-state index contributed by atoms with van der Waals surface area (Å²) >= 11 is 0. The van der Waals surface area contributed by atoms with Crippen molar-refractivity contribution in [1.29, 1.82) is 0 Å². The number of hydrogen-bond acceptors (Lipinski definition) is 3. The van der Waals surface area contributed by atoms with Crippen LogP contribution in [0.25, 0.3) is 11.1 Å². The zero-order chi connectivity index (χ0) is 19.8. The summed E-state index contributed by atoms with van der Waals surface area (Å²) in [6.45, 7) is 9.00. The molecule has 144 valence electrons. The third-order valence-corrected chi connectivity index (χ3v) is 5.35. The van der Waals surface area contributed by atoms with Gasteiger partial charge in [0.15, 0.2) is 0 Å². The van der Waals surface area contributed by atoms with Crippen molar-refractivity contribution in [2.45, 2.75) is 39.8 Å². The maximum absolute atomic E-state index is 5.61. The number of methoxy groups -OCH3 is 1. The maximum atomic E-state index is 5.61. The van der Waals surface area contributed by atoms with Gasteiger partial charge in [0.1, 0.15) is 5.75 Å². The first-order chi connectivity index (χ1) is 13.5. The fourth-order valence-electron chi connectivity index (χ4n) is 4.21. The van der Waals surface area contributed by atoms with Crippen LogP contribution in [0, 0.1) is 0 Å². The first kappa shape index (κ1) is 18.4. The summed E-state index contributed by atoms with van der Waals surface area (Å²) in [4.78, 5) is 4.89. The lowest BCUT2D eigenvalue weighted by atomic mass is 9.98. The molecule has 0 saturated heterocycles. The van der Waals surface area contributed by atoms with Crippen LogP contribution in [0.2, 0.25) is 0 Å². The third kappa shape index (κ3) is 2.91. The molecule has 0 aliphatic carbocycles. The largest absolute Gasteiger partial charge is 0.496 e. The summed E-state index contributed by atoms with van der Waals surface area (Å²) in [5.41, 5.74) is 7.31. The highest BCUT2D eigenvalue weighted by Gasteiger charge is 2.31. The Morgan fingerprint density at radius 2 is 1.18 bits per heavy atom. The summed E-state index contributed by atoms with van der Waals surface area (Å²) in [6.07, 6.45) is 0. The van der Waals surface area contributed by atoms with Crippen LogP contribution in [-0.4, -0.2) is 19.2 Å². The molecule has 0 spiro atoms. The van der Waals surface area contributed by atoms with Gasteiger partial charge in [-0.05, 0) is 63.6 Å². The molecule has 1 aliphatic heterocycles. The number of benzene rings is 3. The molecule has 4 rings (SSSR count). The quantitative estimate of drug-likeness (QED) is 0.503. The van der Waals surface area contributed by atoms with E-state index < -0.39 is 0 Å². The van der Waals surface area contributed by atoms with Gasteiger partial charge in [-0.25, -0.2) is 0 Å². The van der Waals surface area contributed by atoms with Gasteiger partial charge in [0, 0.05) is 17.6 Å². The molecule has 3 nitrogen and oxygen atoms in total. The number of hydrogen-bond donors (Lipinski definition) is 0. The van der Waals surface area contributed by atoms with Gasteiger partial charge < -0.3 is 14.5 Å². The van der Waals surface area contributed by atoms with Crippen molar-refractivity contribution < 1.29 is 4.74 Å². The van der Waals surface area contributed by atoms with E-state index in [0.717, 1.165) is 11.3 Å².